The van der Waals surface area contributed by atoms with Crippen LogP contribution in [0.2, 0.25) is 0 Å². The Morgan fingerprint density at radius 3 is 2.95 bits per heavy atom. The van der Waals surface area contributed by atoms with Crippen LogP contribution in [0.3, 0.4) is 0 Å². The zero-order valence-electron chi connectivity index (χ0n) is 10.4. The number of nitrogens with one attached hydrogen (secondary N) is 1. The van der Waals surface area contributed by atoms with Crippen molar-refractivity contribution in [3.63, 3.8) is 0 Å². The Labute approximate surface area is 119 Å². The Hall–Kier alpha value is -1.88. The second-order valence-electron chi connectivity index (χ2n) is 3.90. The molecule has 4 nitrogen and oxygen atoms in total. The summed E-state index contributed by atoms with van der Waals surface area (Å²) in [6, 6.07) is 11.5. The van der Waals surface area contributed by atoms with Gasteiger partial charge in [0.25, 0.3) is 0 Å². The van der Waals surface area contributed by atoms with E-state index in [-0.39, 0.29) is 0 Å². The van der Waals surface area contributed by atoms with Crippen molar-refractivity contribution in [2.45, 2.75) is 6.54 Å². The van der Waals surface area contributed by atoms with Crippen molar-refractivity contribution in [1.29, 1.82) is 0 Å². The molecule has 19 heavy (non-hydrogen) atoms. The molecule has 0 amide bonds. The Bertz CT molecular complexity index is 587. The van der Waals surface area contributed by atoms with Crippen molar-refractivity contribution >= 4 is 27.6 Å². The molecule has 1 aromatic heterocycles. The molecule has 0 saturated heterocycles. The summed E-state index contributed by atoms with van der Waals surface area (Å²) in [4.78, 5) is 15.3. The summed E-state index contributed by atoms with van der Waals surface area (Å²) in [5, 5.41) is 3.24. The van der Waals surface area contributed by atoms with E-state index in [9.17, 15) is 4.79 Å². The van der Waals surface area contributed by atoms with Gasteiger partial charge in [0.1, 0.15) is 5.69 Å². The third-order valence-electron chi connectivity index (χ3n) is 2.54. The minimum absolute atomic E-state index is 0.293. The number of carbonyl (C=O) groups excluding carboxylic acids is 1. The maximum atomic E-state index is 11.4. The first kappa shape index (κ1) is 13.5. The molecule has 0 spiro atoms. The standard InChI is InChI=1S/C14H13BrN2O2/c1-19-14(18)13-8-12(5-6-16-13)17-9-10-3-2-4-11(15)7-10/h2-8H,9H2,1H3,(H,16,17). The van der Waals surface area contributed by atoms with Gasteiger partial charge in [-0.15, -0.1) is 0 Å². The Morgan fingerprint density at radius 2 is 2.21 bits per heavy atom. The van der Waals surface area contributed by atoms with Crippen molar-refractivity contribution in [2.24, 2.45) is 0 Å². The normalized spacial score (nSPS) is 10.0. The molecular weight excluding hydrogens is 308 g/mol. The average Bonchev–Trinajstić information content (AvgIpc) is 2.45. The van der Waals surface area contributed by atoms with Gasteiger partial charge in [-0.2, -0.15) is 0 Å². The van der Waals surface area contributed by atoms with Crippen molar-refractivity contribution in [3.8, 4) is 0 Å². The molecule has 1 aromatic carbocycles. The van der Waals surface area contributed by atoms with E-state index in [1.54, 1.807) is 12.3 Å². The molecule has 0 aliphatic rings. The van der Waals surface area contributed by atoms with Crippen molar-refractivity contribution < 1.29 is 9.53 Å². The number of halogens is 1. The number of esters is 1. The van der Waals surface area contributed by atoms with Gasteiger partial charge in [0.15, 0.2) is 0 Å². The van der Waals surface area contributed by atoms with Crippen molar-refractivity contribution in [2.75, 3.05) is 12.4 Å². The maximum absolute atomic E-state index is 11.4. The predicted octanol–water partition coefficient (Wildman–Crippen LogP) is 3.24. The summed E-state index contributed by atoms with van der Waals surface area (Å²) in [6.45, 7) is 0.671. The molecule has 0 unspecified atom stereocenters. The summed E-state index contributed by atoms with van der Waals surface area (Å²) >= 11 is 3.43. The number of benzene rings is 1. The van der Waals surface area contributed by atoms with Crippen molar-refractivity contribution in [1.82, 2.24) is 4.98 Å². The summed E-state index contributed by atoms with van der Waals surface area (Å²) in [5.41, 5.74) is 2.27. The minimum Gasteiger partial charge on any atom is -0.464 e. The molecule has 1 N–H and O–H groups in total. The zero-order valence-corrected chi connectivity index (χ0v) is 12.0. The molecular formula is C14H13BrN2O2. The summed E-state index contributed by atoms with van der Waals surface area (Å²) in [6.07, 6.45) is 1.58. The molecule has 0 aliphatic carbocycles. The molecule has 0 fully saturated rings. The van der Waals surface area contributed by atoms with Crippen LogP contribution in [-0.4, -0.2) is 18.1 Å². The Morgan fingerprint density at radius 1 is 1.37 bits per heavy atom. The number of rotatable bonds is 4. The number of hydrogen-bond acceptors (Lipinski definition) is 4. The minimum atomic E-state index is -0.439. The Balaban J connectivity index is 2.05. The fourth-order valence-electron chi connectivity index (χ4n) is 1.61. The number of methoxy groups -OCH3 is 1. The SMILES string of the molecule is COC(=O)c1cc(NCc2cccc(Br)c2)ccn1. The van der Waals surface area contributed by atoms with E-state index in [1.165, 1.54) is 7.11 Å². The number of ether oxygens (including phenoxy) is 1. The number of pyridine rings is 1. The lowest BCUT2D eigenvalue weighted by Gasteiger charge is -2.07. The van der Waals surface area contributed by atoms with Crippen LogP contribution in [0, 0.1) is 0 Å². The number of nitrogens with zero attached hydrogens (tertiary/aromatic N) is 1. The number of anilines is 1. The van der Waals surface area contributed by atoms with Crippen LogP contribution < -0.4 is 5.32 Å². The van der Waals surface area contributed by atoms with E-state index < -0.39 is 5.97 Å². The highest BCUT2D eigenvalue weighted by atomic mass is 79.9. The smallest absolute Gasteiger partial charge is 0.356 e. The van der Waals surface area contributed by atoms with Gasteiger partial charge in [-0.25, -0.2) is 9.78 Å². The van der Waals surface area contributed by atoms with E-state index >= 15 is 0 Å². The van der Waals surface area contributed by atoms with Gasteiger partial charge in [-0.05, 0) is 29.8 Å². The number of carbonyl (C=O) groups is 1. The summed E-state index contributed by atoms with van der Waals surface area (Å²) < 4.78 is 5.67. The van der Waals surface area contributed by atoms with Crippen LogP contribution in [0.15, 0.2) is 47.1 Å². The third-order valence-corrected chi connectivity index (χ3v) is 3.03. The van der Waals surface area contributed by atoms with E-state index in [0.717, 1.165) is 15.7 Å². The lowest BCUT2D eigenvalue weighted by molar-refractivity contribution is 0.0594. The maximum Gasteiger partial charge on any atom is 0.356 e. The number of hydrogen-bond donors (Lipinski definition) is 1. The van der Waals surface area contributed by atoms with Gasteiger partial charge in [0, 0.05) is 22.9 Å². The molecule has 1 heterocycles. The van der Waals surface area contributed by atoms with Gasteiger partial charge < -0.3 is 10.1 Å². The zero-order chi connectivity index (χ0) is 13.7. The second-order valence-corrected chi connectivity index (χ2v) is 4.82. The van der Waals surface area contributed by atoms with Gasteiger partial charge in [-0.3, -0.25) is 0 Å². The molecule has 0 atom stereocenters. The van der Waals surface area contributed by atoms with E-state index in [2.05, 4.69) is 31.0 Å². The molecule has 2 aromatic rings. The fraction of sp³-hybridized carbons (Fsp3) is 0.143. The second kappa shape index (κ2) is 6.33. The average molecular weight is 321 g/mol. The van der Waals surface area contributed by atoms with Crippen LogP contribution in [0.4, 0.5) is 5.69 Å². The molecule has 98 valence electrons. The van der Waals surface area contributed by atoms with Crippen LogP contribution in [0.1, 0.15) is 16.1 Å². The van der Waals surface area contributed by atoms with E-state index in [1.807, 2.05) is 30.3 Å². The highest BCUT2D eigenvalue weighted by molar-refractivity contribution is 9.10. The lowest BCUT2D eigenvalue weighted by atomic mass is 10.2. The quantitative estimate of drug-likeness (QED) is 0.879. The fourth-order valence-corrected chi connectivity index (χ4v) is 2.05. The largest absolute Gasteiger partial charge is 0.464 e. The summed E-state index contributed by atoms with van der Waals surface area (Å²) in [7, 11) is 1.34. The van der Waals surface area contributed by atoms with E-state index in [4.69, 9.17) is 0 Å². The molecule has 0 radical (unpaired) electrons. The first-order valence-corrected chi connectivity index (χ1v) is 6.51. The van der Waals surface area contributed by atoms with Gasteiger partial charge in [0.2, 0.25) is 0 Å². The van der Waals surface area contributed by atoms with Crippen LogP contribution in [0.5, 0.6) is 0 Å². The first-order chi connectivity index (χ1) is 9.19. The first-order valence-electron chi connectivity index (χ1n) is 5.72. The van der Waals surface area contributed by atoms with E-state index in [0.29, 0.717) is 12.2 Å². The molecule has 0 aliphatic heterocycles. The number of aromatic nitrogens is 1. The van der Waals surface area contributed by atoms with Gasteiger partial charge in [-0.1, -0.05) is 28.1 Å². The highest BCUT2D eigenvalue weighted by Crippen LogP contribution is 2.14. The van der Waals surface area contributed by atoms with Crippen LogP contribution in [-0.2, 0) is 11.3 Å². The third kappa shape index (κ3) is 3.79. The lowest BCUT2D eigenvalue weighted by Crippen LogP contribution is -2.06. The van der Waals surface area contributed by atoms with Crippen LogP contribution in [0.25, 0.3) is 0 Å². The molecule has 5 heteroatoms. The molecule has 0 saturated carbocycles. The topological polar surface area (TPSA) is 51.2 Å². The summed E-state index contributed by atoms with van der Waals surface area (Å²) in [5.74, 6) is -0.439. The Kier molecular flexibility index (Phi) is 4.52. The molecule has 0 bridgehead atoms. The predicted molar refractivity (Wildman–Crippen MR) is 77.0 cm³/mol. The van der Waals surface area contributed by atoms with Crippen LogP contribution >= 0.6 is 15.9 Å². The monoisotopic (exact) mass is 320 g/mol. The van der Waals surface area contributed by atoms with Gasteiger partial charge in [0.05, 0.1) is 7.11 Å². The van der Waals surface area contributed by atoms with Gasteiger partial charge >= 0.3 is 5.97 Å². The molecule has 2 rings (SSSR count). The van der Waals surface area contributed by atoms with Crippen molar-refractivity contribution in [3.05, 3.63) is 58.3 Å². The highest BCUT2D eigenvalue weighted by Gasteiger charge is 2.07.